The molecule has 1 saturated carbocycles. The molecule has 0 aliphatic heterocycles. The number of hydrogen-bond donors (Lipinski definition) is 2. The standard InChI is InChI=1S/C15H22N2O2S/c1-3-11-6-8-15(9-7-11,14(16)20)17-13(18)12-5-4-10(2)19-12/h4-5,11H,3,6-9H2,1-2H3,(H2,16,20)(H,17,18). The van der Waals surface area contributed by atoms with E-state index in [0.29, 0.717) is 22.4 Å². The van der Waals surface area contributed by atoms with Crippen LogP contribution >= 0.6 is 12.2 Å². The van der Waals surface area contributed by atoms with E-state index >= 15 is 0 Å². The number of amides is 1. The maximum atomic E-state index is 12.3. The van der Waals surface area contributed by atoms with Crippen LogP contribution in [0.1, 0.15) is 55.3 Å². The first kappa shape index (κ1) is 15.0. The highest BCUT2D eigenvalue weighted by molar-refractivity contribution is 7.80. The molecular formula is C15H22N2O2S. The van der Waals surface area contributed by atoms with E-state index in [0.717, 1.165) is 25.7 Å². The van der Waals surface area contributed by atoms with Crippen LogP contribution in [0.4, 0.5) is 0 Å². The number of carbonyl (C=O) groups is 1. The molecule has 20 heavy (non-hydrogen) atoms. The molecule has 1 aromatic heterocycles. The van der Waals surface area contributed by atoms with Crippen molar-refractivity contribution in [3.63, 3.8) is 0 Å². The summed E-state index contributed by atoms with van der Waals surface area (Å²) in [6.45, 7) is 4.01. The van der Waals surface area contributed by atoms with Gasteiger partial charge in [0, 0.05) is 0 Å². The highest BCUT2D eigenvalue weighted by atomic mass is 32.1. The molecule has 1 aromatic rings. The first-order valence-corrected chi connectivity index (χ1v) is 7.56. The Balaban J connectivity index is 2.10. The van der Waals surface area contributed by atoms with Gasteiger partial charge < -0.3 is 15.5 Å². The van der Waals surface area contributed by atoms with Crippen molar-refractivity contribution < 1.29 is 9.21 Å². The highest BCUT2D eigenvalue weighted by Crippen LogP contribution is 2.34. The quantitative estimate of drug-likeness (QED) is 0.838. The molecule has 1 amide bonds. The molecule has 110 valence electrons. The lowest BCUT2D eigenvalue weighted by Crippen LogP contribution is -2.58. The summed E-state index contributed by atoms with van der Waals surface area (Å²) in [6, 6.07) is 3.45. The van der Waals surface area contributed by atoms with Crippen LogP contribution in [-0.2, 0) is 0 Å². The lowest BCUT2D eigenvalue weighted by molar-refractivity contribution is 0.0868. The minimum Gasteiger partial charge on any atom is -0.456 e. The summed E-state index contributed by atoms with van der Waals surface area (Å²) in [7, 11) is 0. The number of aryl methyl sites for hydroxylation is 1. The summed E-state index contributed by atoms with van der Waals surface area (Å²) in [5, 5.41) is 3.01. The Morgan fingerprint density at radius 2 is 2.15 bits per heavy atom. The molecule has 0 radical (unpaired) electrons. The van der Waals surface area contributed by atoms with Gasteiger partial charge >= 0.3 is 0 Å². The Labute approximate surface area is 125 Å². The topological polar surface area (TPSA) is 68.3 Å². The number of nitrogens with two attached hydrogens (primary N) is 1. The molecule has 4 nitrogen and oxygen atoms in total. The number of hydrogen-bond acceptors (Lipinski definition) is 3. The first-order chi connectivity index (χ1) is 9.47. The van der Waals surface area contributed by atoms with Gasteiger partial charge in [-0.15, -0.1) is 0 Å². The average molecular weight is 294 g/mol. The van der Waals surface area contributed by atoms with Gasteiger partial charge in [0.2, 0.25) is 0 Å². The largest absolute Gasteiger partial charge is 0.456 e. The van der Waals surface area contributed by atoms with Crippen LogP contribution in [0.15, 0.2) is 16.5 Å². The molecule has 1 heterocycles. The predicted octanol–water partition coefficient (Wildman–Crippen LogP) is 2.94. The zero-order valence-electron chi connectivity index (χ0n) is 12.1. The zero-order chi connectivity index (χ0) is 14.8. The Morgan fingerprint density at radius 1 is 1.50 bits per heavy atom. The lowest BCUT2D eigenvalue weighted by atomic mass is 9.75. The second kappa shape index (κ2) is 5.95. The molecule has 0 spiro atoms. The van der Waals surface area contributed by atoms with E-state index < -0.39 is 5.54 Å². The second-order valence-corrected chi connectivity index (χ2v) is 6.10. The molecule has 0 atom stereocenters. The highest BCUT2D eigenvalue weighted by Gasteiger charge is 2.39. The lowest BCUT2D eigenvalue weighted by Gasteiger charge is -2.39. The molecule has 0 unspecified atom stereocenters. The van der Waals surface area contributed by atoms with E-state index in [1.807, 2.05) is 6.92 Å². The predicted molar refractivity (Wildman–Crippen MR) is 82.7 cm³/mol. The van der Waals surface area contributed by atoms with Crippen LogP contribution in [-0.4, -0.2) is 16.4 Å². The molecule has 0 saturated heterocycles. The second-order valence-electron chi connectivity index (χ2n) is 5.66. The van der Waals surface area contributed by atoms with Crippen molar-refractivity contribution in [2.24, 2.45) is 11.7 Å². The van der Waals surface area contributed by atoms with Crippen molar-refractivity contribution in [2.75, 3.05) is 0 Å². The SMILES string of the molecule is CCC1CCC(NC(=O)c2ccc(C)o2)(C(N)=S)CC1. The van der Waals surface area contributed by atoms with Gasteiger partial charge in [-0.25, -0.2) is 0 Å². The van der Waals surface area contributed by atoms with E-state index in [-0.39, 0.29) is 5.91 Å². The maximum absolute atomic E-state index is 12.3. The van der Waals surface area contributed by atoms with Gasteiger partial charge in [0.15, 0.2) is 5.76 Å². The van der Waals surface area contributed by atoms with E-state index in [2.05, 4.69) is 12.2 Å². The third-order valence-electron chi connectivity index (χ3n) is 4.32. The van der Waals surface area contributed by atoms with Crippen molar-refractivity contribution in [3.8, 4) is 0 Å². The summed E-state index contributed by atoms with van der Waals surface area (Å²) < 4.78 is 5.36. The average Bonchev–Trinajstić information content (AvgIpc) is 2.86. The number of carbonyl (C=O) groups excluding carboxylic acids is 1. The van der Waals surface area contributed by atoms with Crippen LogP contribution in [0.2, 0.25) is 0 Å². The number of nitrogens with one attached hydrogen (secondary N) is 1. The Hall–Kier alpha value is -1.36. The molecule has 1 aliphatic carbocycles. The molecule has 0 aromatic carbocycles. The smallest absolute Gasteiger partial charge is 0.287 e. The number of furan rings is 1. The van der Waals surface area contributed by atoms with Gasteiger partial charge in [-0.2, -0.15) is 0 Å². The van der Waals surface area contributed by atoms with Crippen molar-refractivity contribution >= 4 is 23.1 Å². The van der Waals surface area contributed by atoms with E-state index in [1.54, 1.807) is 12.1 Å². The number of rotatable bonds is 4. The van der Waals surface area contributed by atoms with Crippen LogP contribution in [0.5, 0.6) is 0 Å². The molecule has 1 fully saturated rings. The van der Waals surface area contributed by atoms with Crippen molar-refractivity contribution in [2.45, 2.75) is 51.5 Å². The van der Waals surface area contributed by atoms with Crippen LogP contribution in [0, 0.1) is 12.8 Å². The molecule has 5 heteroatoms. The molecule has 2 rings (SSSR count). The van der Waals surface area contributed by atoms with Crippen molar-refractivity contribution in [3.05, 3.63) is 23.7 Å². The van der Waals surface area contributed by atoms with Crippen molar-refractivity contribution in [1.29, 1.82) is 0 Å². The molecule has 0 bridgehead atoms. The fraction of sp³-hybridized carbons (Fsp3) is 0.600. The van der Waals surface area contributed by atoms with E-state index in [1.165, 1.54) is 6.42 Å². The summed E-state index contributed by atoms with van der Waals surface area (Å²) in [5.74, 6) is 1.51. The summed E-state index contributed by atoms with van der Waals surface area (Å²) in [4.78, 5) is 12.6. The van der Waals surface area contributed by atoms with Crippen LogP contribution < -0.4 is 11.1 Å². The number of thiocarbonyl (C=S) groups is 1. The van der Waals surface area contributed by atoms with Gasteiger partial charge in [0.25, 0.3) is 5.91 Å². The van der Waals surface area contributed by atoms with Crippen LogP contribution in [0.3, 0.4) is 0 Å². The maximum Gasteiger partial charge on any atom is 0.287 e. The Kier molecular flexibility index (Phi) is 4.48. The van der Waals surface area contributed by atoms with E-state index in [9.17, 15) is 4.79 Å². The molecule has 3 N–H and O–H groups in total. The van der Waals surface area contributed by atoms with Gasteiger partial charge in [0.1, 0.15) is 5.76 Å². The minimum absolute atomic E-state index is 0.235. The fourth-order valence-corrected chi connectivity index (χ4v) is 3.10. The summed E-state index contributed by atoms with van der Waals surface area (Å²) in [5.41, 5.74) is 5.35. The van der Waals surface area contributed by atoms with E-state index in [4.69, 9.17) is 22.4 Å². The normalized spacial score (nSPS) is 26.2. The van der Waals surface area contributed by atoms with Gasteiger partial charge in [-0.1, -0.05) is 25.6 Å². The minimum atomic E-state index is -0.557. The Morgan fingerprint density at radius 3 is 2.60 bits per heavy atom. The third kappa shape index (κ3) is 3.03. The fourth-order valence-electron chi connectivity index (χ4n) is 2.85. The van der Waals surface area contributed by atoms with Crippen molar-refractivity contribution in [1.82, 2.24) is 5.32 Å². The zero-order valence-corrected chi connectivity index (χ0v) is 12.9. The summed E-state index contributed by atoms with van der Waals surface area (Å²) in [6.07, 6.45) is 4.88. The van der Waals surface area contributed by atoms with Gasteiger partial charge in [0.05, 0.1) is 10.5 Å². The monoisotopic (exact) mass is 294 g/mol. The van der Waals surface area contributed by atoms with Gasteiger partial charge in [-0.3, -0.25) is 4.79 Å². The summed E-state index contributed by atoms with van der Waals surface area (Å²) >= 11 is 5.21. The third-order valence-corrected chi connectivity index (χ3v) is 4.72. The Bertz CT molecular complexity index is 502. The molecule has 1 aliphatic rings. The first-order valence-electron chi connectivity index (χ1n) is 7.15. The van der Waals surface area contributed by atoms with Gasteiger partial charge in [-0.05, 0) is 50.7 Å². The van der Waals surface area contributed by atoms with Crippen LogP contribution in [0.25, 0.3) is 0 Å². The molecular weight excluding hydrogens is 272 g/mol.